The molecule has 2 aromatic carbocycles. The average Bonchev–Trinajstić information content (AvgIpc) is 2.38. The maximum atomic E-state index is 13.3. The van der Waals surface area contributed by atoms with Gasteiger partial charge in [0.15, 0.2) is 0 Å². The van der Waals surface area contributed by atoms with Gasteiger partial charge in [0.05, 0.1) is 0 Å². The van der Waals surface area contributed by atoms with Crippen LogP contribution < -0.4 is 0 Å². The van der Waals surface area contributed by atoms with Gasteiger partial charge in [0, 0.05) is 0 Å². The zero-order chi connectivity index (χ0) is 14.3. The minimum atomic E-state index is -0.203. The minimum Gasteiger partial charge on any atom is -0.508 e. The number of phenolic OH excluding ortho intramolecular Hbond substituents is 1. The van der Waals surface area contributed by atoms with Gasteiger partial charge in [0.25, 0.3) is 0 Å². The Morgan fingerprint density at radius 3 is 2.06 bits per heavy atom. The van der Waals surface area contributed by atoms with Gasteiger partial charge in [0.1, 0.15) is 11.6 Å². The maximum Gasteiger partial charge on any atom is 0.126 e. The van der Waals surface area contributed by atoms with E-state index < -0.39 is 0 Å². The molecule has 2 rings (SSSR count). The topological polar surface area (TPSA) is 20.2 Å². The van der Waals surface area contributed by atoms with Crippen molar-refractivity contribution in [2.45, 2.75) is 41.5 Å². The van der Waals surface area contributed by atoms with E-state index in [0.717, 1.165) is 16.3 Å². The van der Waals surface area contributed by atoms with Crippen LogP contribution in [-0.2, 0) is 0 Å². The molecule has 0 saturated heterocycles. The highest BCUT2D eigenvalue weighted by Crippen LogP contribution is 2.28. The van der Waals surface area contributed by atoms with Crippen LogP contribution in [0.5, 0.6) is 5.75 Å². The number of rotatable bonds is 0. The Hall–Kier alpha value is -1.57. The highest BCUT2D eigenvalue weighted by molar-refractivity contribution is 5.89. The monoisotopic (exact) mass is 250 g/mol. The number of aryl methyl sites for hydroxylation is 2. The summed E-state index contributed by atoms with van der Waals surface area (Å²) in [4.78, 5) is 0. The molecule has 0 aliphatic rings. The van der Waals surface area contributed by atoms with Crippen molar-refractivity contribution in [3.63, 3.8) is 0 Å². The molecule has 0 bridgehead atoms. The van der Waals surface area contributed by atoms with Crippen LogP contribution >= 0.6 is 0 Å². The van der Waals surface area contributed by atoms with Crippen LogP contribution in [0.4, 0.5) is 4.39 Å². The Balaban J connectivity index is 0.000000659. The summed E-state index contributed by atoms with van der Waals surface area (Å²) in [5.74, 6) is 0.0206. The molecule has 0 atom stereocenters. The average molecular weight is 250 g/mol. The molecular formula is C16H23FO. The van der Waals surface area contributed by atoms with Crippen molar-refractivity contribution in [1.29, 1.82) is 0 Å². The molecule has 100 valence electrons. The second-order valence-electron chi connectivity index (χ2n) is 3.53. The molecule has 18 heavy (non-hydrogen) atoms. The molecule has 1 N–H and O–H groups in total. The Morgan fingerprint density at radius 2 is 1.50 bits per heavy atom. The Labute approximate surface area is 109 Å². The van der Waals surface area contributed by atoms with Crippen LogP contribution in [0.3, 0.4) is 0 Å². The fourth-order valence-electron chi connectivity index (χ4n) is 1.85. The quantitative estimate of drug-likeness (QED) is 0.668. The number of hydrogen-bond donors (Lipinski definition) is 1. The van der Waals surface area contributed by atoms with Gasteiger partial charge in [-0.3, -0.25) is 0 Å². The van der Waals surface area contributed by atoms with Crippen LogP contribution in [0.1, 0.15) is 38.8 Å². The van der Waals surface area contributed by atoms with Gasteiger partial charge in [0.2, 0.25) is 0 Å². The molecule has 0 aromatic heterocycles. The van der Waals surface area contributed by atoms with Gasteiger partial charge in [-0.25, -0.2) is 4.39 Å². The van der Waals surface area contributed by atoms with Gasteiger partial charge in [-0.1, -0.05) is 33.8 Å². The number of hydrogen-bond acceptors (Lipinski definition) is 1. The van der Waals surface area contributed by atoms with Crippen LogP contribution in [0.15, 0.2) is 24.3 Å². The standard InChI is InChI=1S/C12H11FO.2C2H6/c1-7-5-10(14)6-9-3-4-11(13)8(2)12(7)9;2*1-2/h3-6,14H,1-2H3;2*1-2H3. The van der Waals surface area contributed by atoms with Gasteiger partial charge < -0.3 is 5.11 Å². The Kier molecular flexibility index (Phi) is 7.03. The van der Waals surface area contributed by atoms with Crippen molar-refractivity contribution in [3.05, 3.63) is 41.2 Å². The zero-order valence-corrected chi connectivity index (χ0v) is 12.1. The SMILES string of the molecule is CC.CC.Cc1cc(O)cc2ccc(F)c(C)c12. The molecule has 0 fully saturated rings. The second kappa shape index (κ2) is 7.70. The van der Waals surface area contributed by atoms with Gasteiger partial charge in [-0.2, -0.15) is 0 Å². The van der Waals surface area contributed by atoms with Crippen molar-refractivity contribution in [3.8, 4) is 5.75 Å². The summed E-state index contributed by atoms with van der Waals surface area (Å²) in [6.45, 7) is 11.6. The number of benzene rings is 2. The zero-order valence-electron chi connectivity index (χ0n) is 12.1. The van der Waals surface area contributed by atoms with E-state index in [-0.39, 0.29) is 11.6 Å². The lowest BCUT2D eigenvalue weighted by Gasteiger charge is -2.07. The summed E-state index contributed by atoms with van der Waals surface area (Å²) in [6, 6.07) is 6.41. The van der Waals surface area contributed by atoms with E-state index in [0.29, 0.717) is 5.56 Å². The minimum absolute atomic E-state index is 0.203. The summed E-state index contributed by atoms with van der Waals surface area (Å²) < 4.78 is 13.3. The molecular weight excluding hydrogens is 227 g/mol. The summed E-state index contributed by atoms with van der Waals surface area (Å²) in [5.41, 5.74) is 1.54. The number of halogens is 1. The van der Waals surface area contributed by atoms with Crippen LogP contribution in [0, 0.1) is 19.7 Å². The fourth-order valence-corrected chi connectivity index (χ4v) is 1.85. The maximum absolute atomic E-state index is 13.3. The van der Waals surface area contributed by atoms with E-state index in [9.17, 15) is 9.50 Å². The van der Waals surface area contributed by atoms with Gasteiger partial charge in [-0.05, 0) is 53.9 Å². The summed E-state index contributed by atoms with van der Waals surface area (Å²) >= 11 is 0. The third-order valence-corrected chi connectivity index (χ3v) is 2.49. The molecule has 2 aromatic rings. The van der Waals surface area contributed by atoms with E-state index in [4.69, 9.17) is 0 Å². The molecule has 0 unspecified atom stereocenters. The third-order valence-electron chi connectivity index (χ3n) is 2.49. The van der Waals surface area contributed by atoms with Crippen molar-refractivity contribution in [2.24, 2.45) is 0 Å². The highest BCUT2D eigenvalue weighted by atomic mass is 19.1. The van der Waals surface area contributed by atoms with Crippen molar-refractivity contribution in [1.82, 2.24) is 0 Å². The first-order valence-corrected chi connectivity index (χ1v) is 6.48. The Bertz CT molecular complexity index is 504. The van der Waals surface area contributed by atoms with E-state index in [2.05, 4.69) is 0 Å². The van der Waals surface area contributed by atoms with E-state index in [1.807, 2.05) is 34.6 Å². The van der Waals surface area contributed by atoms with Crippen molar-refractivity contribution >= 4 is 10.8 Å². The first-order valence-electron chi connectivity index (χ1n) is 6.48. The summed E-state index contributed by atoms with van der Waals surface area (Å²) in [6.07, 6.45) is 0. The first kappa shape index (κ1) is 16.4. The molecule has 0 aliphatic heterocycles. The molecule has 2 heteroatoms. The normalized spacial score (nSPS) is 9.06. The highest BCUT2D eigenvalue weighted by Gasteiger charge is 2.06. The van der Waals surface area contributed by atoms with Crippen LogP contribution in [0.25, 0.3) is 10.8 Å². The van der Waals surface area contributed by atoms with Crippen LogP contribution in [-0.4, -0.2) is 5.11 Å². The predicted molar refractivity (Wildman–Crippen MR) is 77.7 cm³/mol. The largest absolute Gasteiger partial charge is 0.508 e. The molecule has 0 aliphatic carbocycles. The van der Waals surface area contributed by atoms with E-state index >= 15 is 0 Å². The molecule has 0 amide bonds. The lowest BCUT2D eigenvalue weighted by atomic mass is 10.00. The first-order chi connectivity index (χ1) is 8.59. The summed E-state index contributed by atoms with van der Waals surface area (Å²) in [7, 11) is 0. The smallest absolute Gasteiger partial charge is 0.126 e. The molecule has 0 saturated carbocycles. The van der Waals surface area contributed by atoms with Crippen LogP contribution in [0.2, 0.25) is 0 Å². The number of phenols is 1. The van der Waals surface area contributed by atoms with E-state index in [1.54, 1.807) is 25.1 Å². The van der Waals surface area contributed by atoms with Gasteiger partial charge in [-0.15, -0.1) is 0 Å². The second-order valence-corrected chi connectivity index (χ2v) is 3.53. The molecule has 0 heterocycles. The molecule has 0 spiro atoms. The summed E-state index contributed by atoms with van der Waals surface area (Å²) in [5, 5.41) is 11.1. The Morgan fingerprint density at radius 1 is 0.944 bits per heavy atom. The van der Waals surface area contributed by atoms with Crippen molar-refractivity contribution in [2.75, 3.05) is 0 Å². The lowest BCUT2D eigenvalue weighted by Crippen LogP contribution is -1.87. The fraction of sp³-hybridized carbons (Fsp3) is 0.375. The third kappa shape index (κ3) is 3.46. The lowest BCUT2D eigenvalue weighted by molar-refractivity contribution is 0.476. The number of aromatic hydroxyl groups is 1. The molecule has 1 nitrogen and oxygen atoms in total. The number of fused-ring (bicyclic) bond motifs is 1. The molecule has 0 radical (unpaired) electrons. The predicted octanol–water partition coefficient (Wildman–Crippen LogP) is 5.35. The van der Waals surface area contributed by atoms with E-state index in [1.165, 1.54) is 6.07 Å². The van der Waals surface area contributed by atoms with Crippen molar-refractivity contribution < 1.29 is 9.50 Å². The van der Waals surface area contributed by atoms with Gasteiger partial charge >= 0.3 is 0 Å².